The molecule has 0 atom stereocenters. The van der Waals surface area contributed by atoms with Gasteiger partial charge in [0.05, 0.1) is 0 Å². The second-order valence-electron chi connectivity index (χ2n) is 3.08. The van der Waals surface area contributed by atoms with E-state index >= 15 is 0 Å². The van der Waals surface area contributed by atoms with E-state index in [0.717, 1.165) is 24.8 Å². The van der Waals surface area contributed by atoms with Gasteiger partial charge in [0, 0.05) is 0 Å². The van der Waals surface area contributed by atoms with Crippen molar-refractivity contribution >= 4 is 12.4 Å². The van der Waals surface area contributed by atoms with Crippen LogP contribution in [0.1, 0.15) is 24.0 Å². The van der Waals surface area contributed by atoms with Crippen LogP contribution in [0.5, 0.6) is 0 Å². The van der Waals surface area contributed by atoms with Gasteiger partial charge in [-0.3, -0.25) is 0 Å². The molecule has 0 N–H and O–H groups in total. The zero-order valence-electron chi connectivity index (χ0n) is 6.85. The van der Waals surface area contributed by atoms with E-state index < -0.39 is 0 Å². The highest BCUT2D eigenvalue weighted by Crippen LogP contribution is 2.22. The van der Waals surface area contributed by atoms with Crippen LogP contribution in [0, 0.1) is 5.82 Å². The van der Waals surface area contributed by atoms with E-state index in [0.29, 0.717) is 0 Å². The summed E-state index contributed by atoms with van der Waals surface area (Å²) in [5, 5.41) is 0. The van der Waals surface area contributed by atoms with Crippen LogP contribution in [0.25, 0.3) is 0 Å². The van der Waals surface area contributed by atoms with Crippen LogP contribution in [0.3, 0.4) is 0 Å². The minimum atomic E-state index is -0.0119. The summed E-state index contributed by atoms with van der Waals surface area (Å²) in [6.45, 7) is 0. The number of benzene rings is 1. The molecule has 12 heavy (non-hydrogen) atoms. The van der Waals surface area contributed by atoms with Crippen molar-refractivity contribution in [3.05, 3.63) is 35.1 Å². The quantitative estimate of drug-likeness (QED) is 0.584. The molecule has 0 saturated carbocycles. The van der Waals surface area contributed by atoms with E-state index in [1.165, 1.54) is 12.0 Å². The van der Waals surface area contributed by atoms with Crippen molar-refractivity contribution < 1.29 is 4.39 Å². The summed E-state index contributed by atoms with van der Waals surface area (Å²) in [4.78, 5) is 0. The van der Waals surface area contributed by atoms with Gasteiger partial charge >= 0.3 is 0 Å². The molecule has 1 aromatic carbocycles. The standard InChI is InChI=1S/C10H11F.ClH/c11-10-7-3-5-8-4-1-2-6-9(8)10;/h3,5,7H,1-2,4,6H2;1H. The van der Waals surface area contributed by atoms with Crippen LogP contribution in [0.15, 0.2) is 18.2 Å². The molecule has 0 unspecified atom stereocenters. The molecule has 66 valence electrons. The number of hydrogen-bond acceptors (Lipinski definition) is 0. The van der Waals surface area contributed by atoms with Gasteiger partial charge in [0.2, 0.25) is 0 Å². The third-order valence-electron chi connectivity index (χ3n) is 2.34. The SMILES string of the molecule is Cl.Fc1cccc2c1CCCC2. The summed E-state index contributed by atoms with van der Waals surface area (Å²) in [6, 6.07) is 5.40. The Morgan fingerprint density at radius 1 is 1.08 bits per heavy atom. The average molecular weight is 187 g/mol. The molecule has 2 rings (SSSR count). The molecule has 0 amide bonds. The Hall–Kier alpha value is -0.560. The van der Waals surface area contributed by atoms with Crippen LogP contribution < -0.4 is 0 Å². The van der Waals surface area contributed by atoms with E-state index in [-0.39, 0.29) is 18.2 Å². The van der Waals surface area contributed by atoms with Crippen LogP contribution in [-0.4, -0.2) is 0 Å². The Kier molecular flexibility index (Phi) is 3.10. The molecule has 0 bridgehead atoms. The average Bonchev–Trinajstić information content (AvgIpc) is 2.06. The van der Waals surface area contributed by atoms with Crippen molar-refractivity contribution in [2.45, 2.75) is 25.7 Å². The van der Waals surface area contributed by atoms with E-state index in [1.807, 2.05) is 6.07 Å². The molecule has 0 spiro atoms. The third-order valence-corrected chi connectivity index (χ3v) is 2.34. The number of halogens is 2. The maximum absolute atomic E-state index is 13.1. The molecule has 2 heteroatoms. The molecule has 0 fully saturated rings. The molecule has 0 nitrogen and oxygen atoms in total. The highest BCUT2D eigenvalue weighted by Gasteiger charge is 2.11. The number of hydrogen-bond donors (Lipinski definition) is 0. The van der Waals surface area contributed by atoms with Crippen molar-refractivity contribution in [1.29, 1.82) is 0 Å². The fourth-order valence-corrected chi connectivity index (χ4v) is 1.73. The smallest absolute Gasteiger partial charge is 0.126 e. The first kappa shape index (κ1) is 9.53. The Morgan fingerprint density at radius 2 is 1.83 bits per heavy atom. The Morgan fingerprint density at radius 3 is 2.58 bits per heavy atom. The fraction of sp³-hybridized carbons (Fsp3) is 0.400. The minimum Gasteiger partial charge on any atom is -0.207 e. The monoisotopic (exact) mass is 186 g/mol. The zero-order valence-corrected chi connectivity index (χ0v) is 7.66. The largest absolute Gasteiger partial charge is 0.207 e. The fourth-order valence-electron chi connectivity index (χ4n) is 1.73. The number of aryl methyl sites for hydroxylation is 1. The first-order chi connectivity index (χ1) is 5.38. The predicted molar refractivity (Wildman–Crippen MR) is 50.3 cm³/mol. The molecule has 0 saturated heterocycles. The summed E-state index contributed by atoms with van der Waals surface area (Å²) >= 11 is 0. The predicted octanol–water partition coefficient (Wildman–Crippen LogP) is 3.13. The van der Waals surface area contributed by atoms with E-state index in [4.69, 9.17) is 0 Å². The van der Waals surface area contributed by atoms with Gasteiger partial charge in [0.15, 0.2) is 0 Å². The maximum Gasteiger partial charge on any atom is 0.126 e. The molecule has 0 aromatic heterocycles. The third kappa shape index (κ3) is 1.61. The van der Waals surface area contributed by atoms with Crippen molar-refractivity contribution in [3.63, 3.8) is 0 Å². The molecule has 0 heterocycles. The normalized spacial score (nSPS) is 14.8. The second-order valence-corrected chi connectivity index (χ2v) is 3.08. The first-order valence-electron chi connectivity index (χ1n) is 4.14. The van der Waals surface area contributed by atoms with E-state index in [1.54, 1.807) is 12.1 Å². The topological polar surface area (TPSA) is 0 Å². The van der Waals surface area contributed by atoms with Crippen molar-refractivity contribution in [3.8, 4) is 0 Å². The van der Waals surface area contributed by atoms with Crippen LogP contribution >= 0.6 is 12.4 Å². The van der Waals surface area contributed by atoms with Crippen molar-refractivity contribution in [2.24, 2.45) is 0 Å². The first-order valence-corrected chi connectivity index (χ1v) is 4.14. The molecule has 0 radical (unpaired) electrons. The van der Waals surface area contributed by atoms with Gasteiger partial charge < -0.3 is 0 Å². The van der Waals surface area contributed by atoms with Crippen molar-refractivity contribution in [1.82, 2.24) is 0 Å². The lowest BCUT2D eigenvalue weighted by molar-refractivity contribution is 0.579. The van der Waals surface area contributed by atoms with Crippen LogP contribution in [0.4, 0.5) is 4.39 Å². The molecule has 1 aliphatic rings. The van der Waals surface area contributed by atoms with Gasteiger partial charge in [0.25, 0.3) is 0 Å². The summed E-state index contributed by atoms with van der Waals surface area (Å²) in [5.41, 5.74) is 2.18. The summed E-state index contributed by atoms with van der Waals surface area (Å²) < 4.78 is 13.1. The van der Waals surface area contributed by atoms with Gasteiger partial charge in [-0.25, -0.2) is 4.39 Å². The van der Waals surface area contributed by atoms with Gasteiger partial charge in [0.1, 0.15) is 5.82 Å². The number of fused-ring (bicyclic) bond motifs is 1. The molecule has 1 aliphatic carbocycles. The van der Waals surface area contributed by atoms with E-state index in [9.17, 15) is 4.39 Å². The Bertz CT molecular complexity index is 271. The van der Waals surface area contributed by atoms with Crippen molar-refractivity contribution in [2.75, 3.05) is 0 Å². The summed E-state index contributed by atoms with van der Waals surface area (Å²) in [7, 11) is 0. The molecular formula is C10H12ClF. The summed E-state index contributed by atoms with van der Waals surface area (Å²) in [5.74, 6) is -0.0119. The lowest BCUT2D eigenvalue weighted by atomic mass is 9.91. The van der Waals surface area contributed by atoms with Crippen LogP contribution in [-0.2, 0) is 12.8 Å². The minimum absolute atomic E-state index is 0. The Balaban J connectivity index is 0.000000720. The zero-order chi connectivity index (χ0) is 7.68. The Labute approximate surface area is 78.2 Å². The molecule has 1 aromatic rings. The second kappa shape index (κ2) is 3.90. The lowest BCUT2D eigenvalue weighted by Gasteiger charge is -2.15. The highest BCUT2D eigenvalue weighted by molar-refractivity contribution is 5.85. The van der Waals surface area contributed by atoms with Gasteiger partial charge in [-0.05, 0) is 42.9 Å². The van der Waals surface area contributed by atoms with Crippen LogP contribution in [0.2, 0.25) is 0 Å². The lowest BCUT2D eigenvalue weighted by Crippen LogP contribution is -2.04. The highest BCUT2D eigenvalue weighted by atomic mass is 35.5. The summed E-state index contributed by atoms with van der Waals surface area (Å²) in [6.07, 6.45) is 4.36. The molecular weight excluding hydrogens is 175 g/mol. The molecule has 0 aliphatic heterocycles. The number of rotatable bonds is 0. The van der Waals surface area contributed by atoms with Gasteiger partial charge in [-0.2, -0.15) is 0 Å². The van der Waals surface area contributed by atoms with Gasteiger partial charge in [-0.15, -0.1) is 12.4 Å². The van der Waals surface area contributed by atoms with E-state index in [2.05, 4.69) is 0 Å². The maximum atomic E-state index is 13.1. The van der Waals surface area contributed by atoms with Gasteiger partial charge in [-0.1, -0.05) is 12.1 Å².